The molecular weight excluding hydrogens is 369 g/mol. The van der Waals surface area contributed by atoms with E-state index in [1.54, 1.807) is 13.8 Å². The van der Waals surface area contributed by atoms with E-state index in [4.69, 9.17) is 0 Å². The molecule has 140 valence electrons. The maximum absolute atomic E-state index is 13.3. The third kappa shape index (κ3) is 4.68. The number of aromatic nitrogens is 1. The van der Waals surface area contributed by atoms with Gasteiger partial charge in [-0.3, -0.25) is 4.79 Å². The fourth-order valence-electron chi connectivity index (χ4n) is 2.28. The lowest BCUT2D eigenvalue weighted by molar-refractivity contribution is -0.142. The lowest BCUT2D eigenvalue weighted by atomic mass is 9.91. The summed E-state index contributed by atoms with van der Waals surface area (Å²) in [4.78, 5) is 27.0. The molecule has 25 heavy (non-hydrogen) atoms. The van der Waals surface area contributed by atoms with Gasteiger partial charge < -0.3 is 4.74 Å². The van der Waals surface area contributed by atoms with Crippen LogP contribution in [0.25, 0.3) is 0 Å². The zero-order valence-electron chi connectivity index (χ0n) is 13.8. The van der Waals surface area contributed by atoms with Crippen LogP contribution in [0.5, 0.6) is 0 Å². The van der Waals surface area contributed by atoms with Crippen LogP contribution in [-0.2, 0) is 17.3 Å². The van der Waals surface area contributed by atoms with E-state index in [-0.39, 0.29) is 12.3 Å². The number of hydrogen-bond acceptors (Lipinski definition) is 5. The van der Waals surface area contributed by atoms with E-state index in [0.29, 0.717) is 11.8 Å². The van der Waals surface area contributed by atoms with E-state index >= 15 is 0 Å². The van der Waals surface area contributed by atoms with Crippen molar-refractivity contribution in [1.82, 2.24) is 4.98 Å². The molecular formula is C15H16F5NO3S. The Bertz CT molecular complexity index is 674. The highest BCUT2D eigenvalue weighted by molar-refractivity contribution is 8.13. The minimum Gasteiger partial charge on any atom is -0.465 e. The van der Waals surface area contributed by atoms with Gasteiger partial charge in [0.2, 0.25) is 5.12 Å². The van der Waals surface area contributed by atoms with Crippen LogP contribution in [0.2, 0.25) is 0 Å². The molecule has 4 nitrogen and oxygen atoms in total. The van der Waals surface area contributed by atoms with Crippen molar-refractivity contribution in [2.45, 2.75) is 32.9 Å². The van der Waals surface area contributed by atoms with Gasteiger partial charge in [-0.25, -0.2) is 18.6 Å². The number of methoxy groups -OCH3 is 1. The summed E-state index contributed by atoms with van der Waals surface area (Å²) in [7, 11) is 0.860. The Morgan fingerprint density at radius 2 is 1.76 bits per heavy atom. The summed E-state index contributed by atoms with van der Waals surface area (Å²) < 4.78 is 71.0. The maximum atomic E-state index is 13.3. The highest BCUT2D eigenvalue weighted by atomic mass is 32.2. The molecule has 0 radical (unpaired) electrons. The molecule has 0 unspecified atom stereocenters. The van der Waals surface area contributed by atoms with Gasteiger partial charge >= 0.3 is 12.1 Å². The van der Waals surface area contributed by atoms with Crippen LogP contribution in [0.15, 0.2) is 0 Å². The first-order valence-corrected chi connectivity index (χ1v) is 8.26. The van der Waals surface area contributed by atoms with Crippen LogP contribution >= 0.6 is 11.8 Å². The van der Waals surface area contributed by atoms with Crippen molar-refractivity contribution in [1.29, 1.82) is 0 Å². The molecule has 0 saturated carbocycles. The number of halogens is 5. The van der Waals surface area contributed by atoms with Crippen molar-refractivity contribution in [2.24, 2.45) is 5.92 Å². The summed E-state index contributed by atoms with van der Waals surface area (Å²) in [6, 6.07) is 0. The highest BCUT2D eigenvalue weighted by Gasteiger charge is 2.42. The predicted octanol–water partition coefficient (Wildman–Crippen LogP) is 4.53. The average Bonchev–Trinajstić information content (AvgIpc) is 2.50. The van der Waals surface area contributed by atoms with E-state index in [9.17, 15) is 31.5 Å². The molecule has 0 aliphatic rings. The van der Waals surface area contributed by atoms with Crippen molar-refractivity contribution in [2.75, 3.05) is 13.4 Å². The molecule has 1 aromatic heterocycles. The van der Waals surface area contributed by atoms with Gasteiger partial charge in [-0.05, 0) is 24.2 Å². The fraction of sp³-hybridized carbons (Fsp3) is 0.533. The first kappa shape index (κ1) is 21.3. The third-order valence-corrected chi connectivity index (χ3v) is 3.77. The number of alkyl halides is 5. The molecule has 1 aromatic rings. The van der Waals surface area contributed by atoms with Crippen LogP contribution in [-0.4, -0.2) is 29.4 Å². The lowest BCUT2D eigenvalue weighted by Crippen LogP contribution is -2.24. The Hall–Kier alpha value is -1.71. The molecule has 0 atom stereocenters. The van der Waals surface area contributed by atoms with E-state index in [1.165, 1.54) is 6.26 Å². The molecule has 1 heterocycles. The number of thioether (sulfide) groups is 1. The summed E-state index contributed by atoms with van der Waals surface area (Å²) in [6.07, 6.45) is -7.48. The number of nitrogens with zero attached hydrogens (tertiary/aromatic N) is 1. The number of pyridine rings is 1. The summed E-state index contributed by atoms with van der Waals surface area (Å²) in [5, 5.41) is -0.891. The standard InChI is InChI=1S/C15H16F5NO3S/c1-6(2)5-7-8(14(23)25-4)10(12(16)17)21-11(15(18,19)20)9(7)13(22)24-3/h6,12H,5H2,1-4H3. The fourth-order valence-corrected chi connectivity index (χ4v) is 2.71. The molecule has 0 N–H and O–H groups in total. The monoisotopic (exact) mass is 385 g/mol. The van der Waals surface area contributed by atoms with E-state index < -0.39 is 51.8 Å². The number of ether oxygens (including phenoxy) is 1. The van der Waals surface area contributed by atoms with Crippen molar-refractivity contribution in [3.63, 3.8) is 0 Å². The average molecular weight is 385 g/mol. The molecule has 0 amide bonds. The summed E-state index contributed by atoms with van der Waals surface area (Å²) >= 11 is 0.546. The topological polar surface area (TPSA) is 56.3 Å². The second-order valence-corrected chi connectivity index (χ2v) is 6.23. The van der Waals surface area contributed by atoms with Gasteiger partial charge in [-0.15, -0.1) is 0 Å². The van der Waals surface area contributed by atoms with Crippen LogP contribution in [0.1, 0.15) is 57.9 Å². The quantitative estimate of drug-likeness (QED) is 0.551. The van der Waals surface area contributed by atoms with Gasteiger partial charge in [-0.2, -0.15) is 13.2 Å². The molecule has 1 rings (SSSR count). The zero-order chi connectivity index (χ0) is 19.5. The molecule has 0 aromatic carbocycles. The molecule has 0 aliphatic carbocycles. The first-order valence-electron chi connectivity index (χ1n) is 7.04. The zero-order valence-corrected chi connectivity index (χ0v) is 14.6. The van der Waals surface area contributed by atoms with Gasteiger partial charge in [0.15, 0.2) is 5.69 Å². The van der Waals surface area contributed by atoms with E-state index in [2.05, 4.69) is 9.72 Å². The minimum absolute atomic E-state index is 0.197. The molecule has 0 aliphatic heterocycles. The van der Waals surface area contributed by atoms with Gasteiger partial charge in [0.05, 0.1) is 18.2 Å². The Labute approximate surface area is 145 Å². The van der Waals surface area contributed by atoms with Gasteiger partial charge in [0.25, 0.3) is 6.43 Å². The van der Waals surface area contributed by atoms with Crippen molar-refractivity contribution >= 4 is 22.8 Å². The second kappa shape index (κ2) is 8.11. The molecule has 0 spiro atoms. The number of hydrogen-bond donors (Lipinski definition) is 0. The molecule has 10 heteroatoms. The van der Waals surface area contributed by atoms with E-state index in [0.717, 1.165) is 7.11 Å². The Morgan fingerprint density at radius 3 is 2.12 bits per heavy atom. The van der Waals surface area contributed by atoms with Crippen LogP contribution in [0.4, 0.5) is 22.0 Å². The van der Waals surface area contributed by atoms with E-state index in [1.807, 2.05) is 0 Å². The number of esters is 1. The smallest absolute Gasteiger partial charge is 0.434 e. The normalized spacial score (nSPS) is 12.0. The van der Waals surface area contributed by atoms with Gasteiger partial charge in [0, 0.05) is 0 Å². The van der Waals surface area contributed by atoms with Crippen LogP contribution in [0.3, 0.4) is 0 Å². The summed E-state index contributed by atoms with van der Waals surface area (Å²) in [5.74, 6) is -1.70. The van der Waals surface area contributed by atoms with Crippen molar-refractivity contribution < 1.29 is 36.3 Å². The summed E-state index contributed by atoms with van der Waals surface area (Å²) in [6.45, 7) is 3.23. The number of carbonyl (C=O) groups excluding carboxylic acids is 2. The van der Waals surface area contributed by atoms with Crippen LogP contribution < -0.4 is 0 Å². The third-order valence-electron chi connectivity index (χ3n) is 3.20. The molecule has 0 fully saturated rings. The Balaban J connectivity index is 4.05. The number of rotatable bonds is 5. The SMILES string of the molecule is COC(=O)c1c(C(F)(F)F)nc(C(F)F)c(C(=O)SC)c1CC(C)C. The Kier molecular flexibility index (Phi) is 6.92. The molecule has 0 bridgehead atoms. The minimum atomic E-state index is -5.17. The van der Waals surface area contributed by atoms with Gasteiger partial charge in [-0.1, -0.05) is 25.6 Å². The second-order valence-electron chi connectivity index (χ2n) is 5.45. The first-order chi connectivity index (χ1) is 11.4. The van der Waals surface area contributed by atoms with Crippen molar-refractivity contribution in [3.8, 4) is 0 Å². The van der Waals surface area contributed by atoms with Crippen LogP contribution in [0, 0.1) is 5.92 Å². The predicted molar refractivity (Wildman–Crippen MR) is 81.9 cm³/mol. The lowest BCUT2D eigenvalue weighted by Gasteiger charge is -2.21. The number of carbonyl (C=O) groups is 2. The highest BCUT2D eigenvalue weighted by Crippen LogP contribution is 2.38. The largest absolute Gasteiger partial charge is 0.465 e. The maximum Gasteiger partial charge on any atom is 0.434 e. The molecule has 0 saturated heterocycles. The summed E-state index contributed by atoms with van der Waals surface area (Å²) in [5.41, 5.74) is -5.13. The Morgan fingerprint density at radius 1 is 1.20 bits per heavy atom. The van der Waals surface area contributed by atoms with Gasteiger partial charge in [0.1, 0.15) is 5.69 Å². The van der Waals surface area contributed by atoms with Crippen molar-refractivity contribution in [3.05, 3.63) is 28.1 Å².